The second-order valence-corrected chi connectivity index (χ2v) is 19.0. The Bertz CT molecular complexity index is 2310. The topological polar surface area (TPSA) is 148 Å². The number of amides is 1. The van der Waals surface area contributed by atoms with Crippen molar-refractivity contribution in [2.45, 2.75) is 62.1 Å². The van der Waals surface area contributed by atoms with Crippen molar-refractivity contribution in [1.82, 2.24) is 9.62 Å². The molecule has 5 atom stereocenters. The molecule has 13 nitrogen and oxygen atoms in total. The Hall–Kier alpha value is -5.15. The highest BCUT2D eigenvalue weighted by Crippen LogP contribution is 2.51. The van der Waals surface area contributed by atoms with E-state index in [1.807, 2.05) is 121 Å². The molecule has 2 fully saturated rings. The molecule has 2 aliphatic heterocycles. The molecule has 0 aliphatic carbocycles. The number of fused-ring (bicyclic) bond motifs is 1. The summed E-state index contributed by atoms with van der Waals surface area (Å²) >= 11 is 0. The molecular formula is C48H53N2O11PS. The first-order valence-electron chi connectivity index (χ1n) is 20.9. The molecule has 5 aromatic carbocycles. The molecule has 2 aliphatic rings. The highest BCUT2D eigenvalue weighted by atomic mass is 32.2. The zero-order valence-corrected chi connectivity index (χ0v) is 36.8. The van der Waals surface area contributed by atoms with Crippen molar-refractivity contribution in [3.05, 3.63) is 180 Å². The molecule has 15 heteroatoms. The Morgan fingerprint density at radius 3 is 1.90 bits per heavy atom. The Balaban J connectivity index is 1.21. The monoisotopic (exact) mass is 896 g/mol. The summed E-state index contributed by atoms with van der Waals surface area (Å²) in [6, 6.07) is 42.8. The lowest BCUT2D eigenvalue weighted by Crippen LogP contribution is -2.52. The van der Waals surface area contributed by atoms with Crippen molar-refractivity contribution < 1.29 is 50.5 Å². The van der Waals surface area contributed by atoms with E-state index in [0.717, 1.165) is 22.3 Å². The maximum atomic E-state index is 14.8. The average Bonchev–Trinajstić information content (AvgIpc) is 3.95. The van der Waals surface area contributed by atoms with Gasteiger partial charge in [0.1, 0.15) is 11.9 Å². The lowest BCUT2D eigenvalue weighted by molar-refractivity contribution is -0.0907. The van der Waals surface area contributed by atoms with Crippen LogP contribution in [0.25, 0.3) is 0 Å². The van der Waals surface area contributed by atoms with Crippen LogP contribution in [-0.2, 0) is 68.8 Å². The fourth-order valence-corrected chi connectivity index (χ4v) is 10.0. The van der Waals surface area contributed by atoms with Crippen LogP contribution in [0, 0.1) is 5.92 Å². The van der Waals surface area contributed by atoms with E-state index in [1.54, 1.807) is 12.1 Å². The summed E-state index contributed by atoms with van der Waals surface area (Å²) in [5, 5.41) is 3.04. The summed E-state index contributed by atoms with van der Waals surface area (Å²) in [7, 11) is -6.77. The van der Waals surface area contributed by atoms with Crippen molar-refractivity contribution in [3.63, 3.8) is 0 Å². The van der Waals surface area contributed by atoms with Gasteiger partial charge in [0.25, 0.3) is 0 Å². The quantitative estimate of drug-likeness (QED) is 0.0667. The van der Waals surface area contributed by atoms with Gasteiger partial charge in [0, 0.05) is 18.9 Å². The van der Waals surface area contributed by atoms with E-state index < -0.39 is 48.3 Å². The number of carbonyl (C=O) groups excluding carboxylic acids is 1. The van der Waals surface area contributed by atoms with Gasteiger partial charge in [-0.3, -0.25) is 4.57 Å². The minimum atomic E-state index is -4.29. The third-order valence-corrected chi connectivity index (χ3v) is 14.2. The van der Waals surface area contributed by atoms with Crippen molar-refractivity contribution in [1.29, 1.82) is 0 Å². The van der Waals surface area contributed by atoms with E-state index >= 15 is 0 Å². The number of ether oxygens (including phenoxy) is 5. The van der Waals surface area contributed by atoms with Crippen molar-refractivity contribution in [3.8, 4) is 5.75 Å². The molecule has 1 amide bonds. The van der Waals surface area contributed by atoms with Crippen LogP contribution in [-0.4, -0.2) is 76.8 Å². The predicted octanol–water partition coefficient (Wildman–Crippen LogP) is 8.51. The van der Waals surface area contributed by atoms with Crippen LogP contribution in [0.15, 0.2) is 162 Å². The summed E-state index contributed by atoms with van der Waals surface area (Å²) in [5.74, 6) is 1.69. The van der Waals surface area contributed by atoms with Gasteiger partial charge < -0.3 is 38.0 Å². The van der Waals surface area contributed by atoms with Gasteiger partial charge in [0.15, 0.2) is 6.29 Å². The standard InChI is InChI=1S/C48H53N2O11PS/c1-55-41-23-25-42(26-24-41)63(53,54)50(28-14-30-62(52,59-34-39-19-10-4-11-20-39)60-35-40-21-12-5-13-22-40)32-45(57-33-38-17-8-3-9-18-38)44(31-37-15-6-2-7-16-37)49-48(51)61-46-36-58-47-43(46)27-29-56-47/h2-26,30,43-47H,27-29,31-36H2,1H3,(H,49,51)/b30-14+. The molecule has 332 valence electrons. The number of alkyl carbamates (subject to hydrolysis) is 1. The van der Waals surface area contributed by atoms with Gasteiger partial charge in [-0.1, -0.05) is 127 Å². The Morgan fingerprint density at radius 2 is 1.33 bits per heavy atom. The lowest BCUT2D eigenvalue weighted by atomic mass is 10.0. The van der Waals surface area contributed by atoms with E-state index in [4.69, 9.17) is 32.7 Å². The number of hydrogen-bond acceptors (Lipinski definition) is 11. The number of nitrogens with one attached hydrogen (secondary N) is 1. The van der Waals surface area contributed by atoms with E-state index in [2.05, 4.69) is 5.32 Å². The summed E-state index contributed by atoms with van der Waals surface area (Å²) < 4.78 is 86.5. The van der Waals surface area contributed by atoms with Crippen molar-refractivity contribution in [2.75, 3.05) is 33.4 Å². The third kappa shape index (κ3) is 13.2. The van der Waals surface area contributed by atoms with Crippen LogP contribution in [0.4, 0.5) is 4.79 Å². The Kier molecular flexibility index (Phi) is 16.4. The van der Waals surface area contributed by atoms with Crippen LogP contribution < -0.4 is 10.1 Å². The van der Waals surface area contributed by atoms with Crippen LogP contribution in [0.3, 0.4) is 0 Å². The number of hydrogen-bond donors (Lipinski definition) is 1. The summed E-state index contributed by atoms with van der Waals surface area (Å²) in [5.41, 5.74) is 3.28. The van der Waals surface area contributed by atoms with Gasteiger partial charge >= 0.3 is 13.7 Å². The van der Waals surface area contributed by atoms with Gasteiger partial charge in [-0.2, -0.15) is 4.31 Å². The first-order chi connectivity index (χ1) is 30.7. The van der Waals surface area contributed by atoms with E-state index in [-0.39, 0.29) is 56.8 Å². The van der Waals surface area contributed by atoms with Crippen LogP contribution in [0.2, 0.25) is 0 Å². The van der Waals surface area contributed by atoms with E-state index in [1.165, 1.54) is 35.4 Å². The molecule has 5 unspecified atom stereocenters. The highest BCUT2D eigenvalue weighted by molar-refractivity contribution is 7.89. The zero-order valence-electron chi connectivity index (χ0n) is 35.1. The van der Waals surface area contributed by atoms with Gasteiger partial charge in [0.2, 0.25) is 10.0 Å². The van der Waals surface area contributed by atoms with Crippen LogP contribution >= 0.6 is 7.60 Å². The van der Waals surface area contributed by atoms with E-state index in [9.17, 15) is 17.8 Å². The molecule has 7 rings (SSSR count). The van der Waals surface area contributed by atoms with Gasteiger partial charge in [-0.25, -0.2) is 13.2 Å². The summed E-state index contributed by atoms with van der Waals surface area (Å²) in [6.45, 7) is 0.299. The number of nitrogens with zero attached hydrogens (tertiary/aromatic N) is 1. The first-order valence-corrected chi connectivity index (χ1v) is 23.9. The molecular weight excluding hydrogens is 844 g/mol. The Labute approximate surface area is 369 Å². The number of sulfonamides is 1. The molecule has 2 heterocycles. The second-order valence-electron chi connectivity index (χ2n) is 15.2. The number of benzene rings is 5. The van der Waals surface area contributed by atoms with Gasteiger partial charge in [-0.05, 0) is 59.4 Å². The average molecular weight is 897 g/mol. The molecule has 0 bridgehead atoms. The molecule has 0 saturated carbocycles. The smallest absolute Gasteiger partial charge is 0.407 e. The summed E-state index contributed by atoms with van der Waals surface area (Å²) in [4.78, 5) is 13.8. The number of rotatable bonds is 22. The maximum Gasteiger partial charge on any atom is 0.407 e. The normalized spacial score (nSPS) is 18.5. The molecule has 0 spiro atoms. The van der Waals surface area contributed by atoms with E-state index in [0.29, 0.717) is 18.8 Å². The lowest BCUT2D eigenvalue weighted by Gasteiger charge is -2.33. The minimum Gasteiger partial charge on any atom is -0.497 e. The van der Waals surface area contributed by atoms with Crippen LogP contribution in [0.1, 0.15) is 28.7 Å². The Morgan fingerprint density at radius 1 is 0.778 bits per heavy atom. The zero-order chi connectivity index (χ0) is 43.9. The maximum absolute atomic E-state index is 14.8. The summed E-state index contributed by atoms with van der Waals surface area (Å²) in [6.07, 6.45) is -0.128. The van der Waals surface area contributed by atoms with Crippen LogP contribution in [0.5, 0.6) is 5.75 Å². The van der Waals surface area contributed by atoms with Crippen molar-refractivity contribution >= 4 is 23.7 Å². The SMILES string of the molecule is COc1ccc(S(=O)(=O)N(C/C=C/P(=O)(OCc2ccccc2)OCc2ccccc2)CC(OCc2ccccc2)C(Cc2ccccc2)NC(=O)OC2COC3OCCC23)cc1. The molecule has 1 N–H and O–H groups in total. The predicted molar refractivity (Wildman–Crippen MR) is 237 cm³/mol. The molecule has 2 saturated heterocycles. The van der Waals surface area contributed by atoms with Crippen molar-refractivity contribution in [2.24, 2.45) is 5.92 Å². The fourth-order valence-electron chi connectivity index (χ4n) is 7.35. The molecule has 5 aromatic rings. The van der Waals surface area contributed by atoms with Gasteiger partial charge in [-0.15, -0.1) is 0 Å². The second kappa shape index (κ2) is 22.5. The molecule has 63 heavy (non-hydrogen) atoms. The number of methoxy groups -OCH3 is 1. The third-order valence-electron chi connectivity index (χ3n) is 10.8. The molecule has 0 aromatic heterocycles. The molecule has 0 radical (unpaired) electrons. The fraction of sp³-hybridized carbons (Fsp3) is 0.312. The highest BCUT2D eigenvalue weighted by Gasteiger charge is 2.44. The largest absolute Gasteiger partial charge is 0.497 e. The van der Waals surface area contributed by atoms with Gasteiger partial charge in [0.05, 0.1) is 63.1 Å². The number of carbonyl (C=O) groups is 1. The first kappa shape index (κ1) is 45.9. The minimum absolute atomic E-state index is 0.00907.